The molecule has 1 saturated heterocycles. The topological polar surface area (TPSA) is 63.9 Å². The molecular weight excluding hydrogens is 403 g/mol. The highest BCUT2D eigenvalue weighted by Crippen LogP contribution is 2.40. The molecule has 29 heavy (non-hydrogen) atoms. The number of nitrogens with one attached hydrogen (secondary N) is 1. The molecule has 0 radical (unpaired) electrons. The van der Waals surface area contributed by atoms with Crippen LogP contribution in [0, 0.1) is 0 Å². The van der Waals surface area contributed by atoms with Crippen molar-refractivity contribution in [2.75, 3.05) is 44.4 Å². The molecule has 1 atom stereocenters. The summed E-state index contributed by atoms with van der Waals surface area (Å²) in [4.78, 5) is 13.4. The molecule has 1 aromatic heterocycles. The van der Waals surface area contributed by atoms with E-state index in [0.717, 1.165) is 23.1 Å². The molecule has 1 aromatic carbocycles. The molecule has 2 aromatic rings. The molecule has 0 aliphatic carbocycles. The maximum Gasteiger partial charge on any atom is 0.416 e. The molecule has 2 aliphatic rings. The Bertz CT molecular complexity index is 921. The van der Waals surface area contributed by atoms with Crippen molar-refractivity contribution in [3.05, 3.63) is 29.5 Å². The Morgan fingerprint density at radius 1 is 1.17 bits per heavy atom. The summed E-state index contributed by atoms with van der Waals surface area (Å²) in [6.45, 7) is -0.932. The van der Waals surface area contributed by atoms with Crippen molar-refractivity contribution in [1.82, 2.24) is 5.32 Å². The standard InChI is InChI=1S/C18H17F5N2O4/c19-17(20,13-8-27-5-6-28-13)9-25-4-3-24-16(26)15-14(25)11-7-10(18(21,22)23)1-2-12(11)29-15/h1-2,7,13H,3-6,8-9H2,(H,24,26). The molecule has 4 rings (SSSR count). The minimum atomic E-state index is -4.63. The molecule has 158 valence electrons. The molecule has 1 amide bonds. The van der Waals surface area contributed by atoms with Gasteiger partial charge >= 0.3 is 6.18 Å². The van der Waals surface area contributed by atoms with Crippen LogP contribution in [0.15, 0.2) is 22.6 Å². The lowest BCUT2D eigenvalue weighted by atomic mass is 10.1. The highest BCUT2D eigenvalue weighted by atomic mass is 19.4. The second-order valence-corrected chi connectivity index (χ2v) is 6.86. The summed E-state index contributed by atoms with van der Waals surface area (Å²) in [5.74, 6) is -4.34. The molecule has 1 fully saturated rings. The molecule has 6 nitrogen and oxygen atoms in total. The predicted octanol–water partition coefficient (Wildman–Crippen LogP) is 3.05. The van der Waals surface area contributed by atoms with Crippen molar-refractivity contribution in [3.63, 3.8) is 0 Å². The van der Waals surface area contributed by atoms with Gasteiger partial charge in [0.05, 0.1) is 37.6 Å². The lowest BCUT2D eigenvalue weighted by Crippen LogP contribution is -2.51. The van der Waals surface area contributed by atoms with Crippen LogP contribution in [0.5, 0.6) is 0 Å². The highest BCUT2D eigenvalue weighted by Gasteiger charge is 2.45. The average Bonchev–Trinajstić information content (AvgIpc) is 2.99. The normalized spacial score (nSPS) is 21.1. The van der Waals surface area contributed by atoms with Gasteiger partial charge in [-0.1, -0.05) is 0 Å². The second kappa shape index (κ2) is 7.13. The van der Waals surface area contributed by atoms with Gasteiger partial charge in [-0.2, -0.15) is 13.2 Å². The van der Waals surface area contributed by atoms with Crippen molar-refractivity contribution in [1.29, 1.82) is 0 Å². The van der Waals surface area contributed by atoms with Gasteiger partial charge in [0.25, 0.3) is 11.8 Å². The third-order valence-corrected chi connectivity index (χ3v) is 4.87. The van der Waals surface area contributed by atoms with Gasteiger partial charge in [0.15, 0.2) is 0 Å². The monoisotopic (exact) mass is 420 g/mol. The summed E-state index contributed by atoms with van der Waals surface area (Å²) < 4.78 is 84.7. The van der Waals surface area contributed by atoms with Crippen LogP contribution in [-0.4, -0.2) is 57.4 Å². The fourth-order valence-corrected chi connectivity index (χ4v) is 3.47. The van der Waals surface area contributed by atoms with Crippen molar-refractivity contribution in [2.45, 2.75) is 18.2 Å². The third kappa shape index (κ3) is 3.76. The predicted molar refractivity (Wildman–Crippen MR) is 91.3 cm³/mol. The Labute approximate surface area is 161 Å². The molecule has 1 unspecified atom stereocenters. The number of halogens is 5. The quantitative estimate of drug-likeness (QED) is 0.774. The van der Waals surface area contributed by atoms with E-state index in [-0.39, 0.29) is 55.3 Å². The van der Waals surface area contributed by atoms with E-state index < -0.39 is 36.2 Å². The number of rotatable bonds is 3. The summed E-state index contributed by atoms with van der Waals surface area (Å²) in [6.07, 6.45) is -6.12. The Balaban J connectivity index is 1.76. The molecule has 1 N–H and O–H groups in total. The Kier molecular flexibility index (Phi) is 4.89. The first kappa shape index (κ1) is 19.9. The van der Waals surface area contributed by atoms with Gasteiger partial charge in [0.2, 0.25) is 5.76 Å². The van der Waals surface area contributed by atoms with E-state index in [2.05, 4.69) is 5.32 Å². The van der Waals surface area contributed by atoms with Crippen molar-refractivity contribution in [2.24, 2.45) is 0 Å². The van der Waals surface area contributed by atoms with Crippen LogP contribution < -0.4 is 10.2 Å². The zero-order valence-electron chi connectivity index (χ0n) is 15.0. The van der Waals surface area contributed by atoms with Crippen LogP contribution in [0.1, 0.15) is 16.1 Å². The molecule has 0 saturated carbocycles. The number of nitrogens with zero attached hydrogens (tertiary/aromatic N) is 1. The van der Waals surface area contributed by atoms with Crippen molar-refractivity contribution >= 4 is 22.6 Å². The molecule has 3 heterocycles. The van der Waals surface area contributed by atoms with Crippen LogP contribution in [0.3, 0.4) is 0 Å². The molecule has 11 heteroatoms. The van der Waals surface area contributed by atoms with Crippen LogP contribution in [-0.2, 0) is 15.7 Å². The number of carbonyl (C=O) groups excluding carboxylic acids is 1. The number of hydrogen-bond donors (Lipinski definition) is 1. The number of alkyl halides is 5. The van der Waals surface area contributed by atoms with Crippen LogP contribution in [0.25, 0.3) is 11.0 Å². The summed E-state index contributed by atoms with van der Waals surface area (Å²) in [5.41, 5.74) is -1.04. The lowest BCUT2D eigenvalue weighted by Gasteiger charge is -2.34. The van der Waals surface area contributed by atoms with Crippen molar-refractivity contribution < 1.29 is 40.6 Å². The van der Waals surface area contributed by atoms with Gasteiger partial charge in [-0.05, 0) is 18.2 Å². The van der Waals surface area contributed by atoms with Crippen LogP contribution >= 0.6 is 0 Å². The van der Waals surface area contributed by atoms with Crippen LogP contribution in [0.4, 0.5) is 27.6 Å². The van der Waals surface area contributed by atoms with Gasteiger partial charge in [-0.15, -0.1) is 0 Å². The Hall–Kier alpha value is -2.40. The number of amides is 1. The smallest absolute Gasteiger partial charge is 0.416 e. The first-order valence-electron chi connectivity index (χ1n) is 8.91. The first-order chi connectivity index (χ1) is 13.7. The number of hydrogen-bond acceptors (Lipinski definition) is 5. The minimum absolute atomic E-state index is 0.00520. The number of carbonyl (C=O) groups is 1. The van der Waals surface area contributed by atoms with E-state index in [1.54, 1.807) is 0 Å². The number of anilines is 1. The molecule has 2 aliphatic heterocycles. The number of ether oxygens (including phenoxy) is 2. The Morgan fingerprint density at radius 2 is 1.97 bits per heavy atom. The second-order valence-electron chi connectivity index (χ2n) is 6.86. The van der Waals surface area contributed by atoms with Crippen molar-refractivity contribution in [3.8, 4) is 0 Å². The fourth-order valence-electron chi connectivity index (χ4n) is 3.47. The van der Waals surface area contributed by atoms with Gasteiger partial charge in [0.1, 0.15) is 11.7 Å². The average molecular weight is 420 g/mol. The summed E-state index contributed by atoms with van der Waals surface area (Å²) in [5, 5.41) is 2.45. The molecule has 0 bridgehead atoms. The number of fused-ring (bicyclic) bond motifs is 3. The fraction of sp³-hybridized carbons (Fsp3) is 0.500. The van der Waals surface area contributed by atoms with Gasteiger partial charge in [-0.3, -0.25) is 4.79 Å². The zero-order valence-corrected chi connectivity index (χ0v) is 15.0. The Morgan fingerprint density at radius 3 is 2.66 bits per heavy atom. The van der Waals surface area contributed by atoms with Crippen LogP contribution in [0.2, 0.25) is 0 Å². The van der Waals surface area contributed by atoms with E-state index in [0.29, 0.717) is 0 Å². The molecular formula is C18H17F5N2O4. The third-order valence-electron chi connectivity index (χ3n) is 4.87. The number of furan rings is 1. The maximum atomic E-state index is 14.8. The molecule has 0 spiro atoms. The highest BCUT2D eigenvalue weighted by molar-refractivity contribution is 6.07. The van der Waals surface area contributed by atoms with E-state index in [9.17, 15) is 26.7 Å². The van der Waals surface area contributed by atoms with E-state index in [1.165, 1.54) is 0 Å². The van der Waals surface area contributed by atoms with Gasteiger partial charge in [0, 0.05) is 18.5 Å². The lowest BCUT2D eigenvalue weighted by molar-refractivity contribution is -0.189. The SMILES string of the molecule is O=C1NCCN(CC(F)(F)C2COCCO2)c2c1oc1ccc(C(F)(F)F)cc21. The van der Waals surface area contributed by atoms with Gasteiger partial charge < -0.3 is 24.1 Å². The van der Waals surface area contributed by atoms with E-state index in [1.807, 2.05) is 0 Å². The minimum Gasteiger partial charge on any atom is -0.449 e. The van der Waals surface area contributed by atoms with Gasteiger partial charge in [-0.25, -0.2) is 8.78 Å². The largest absolute Gasteiger partial charge is 0.449 e. The number of benzene rings is 1. The maximum absolute atomic E-state index is 14.8. The zero-order chi connectivity index (χ0) is 20.8. The first-order valence-corrected chi connectivity index (χ1v) is 8.91. The van der Waals surface area contributed by atoms with E-state index in [4.69, 9.17) is 13.9 Å². The summed E-state index contributed by atoms with van der Waals surface area (Å²) in [6, 6.07) is 2.70. The van der Waals surface area contributed by atoms with E-state index >= 15 is 0 Å². The summed E-state index contributed by atoms with van der Waals surface area (Å²) in [7, 11) is 0. The summed E-state index contributed by atoms with van der Waals surface area (Å²) >= 11 is 0.